The molecular weight excluding hydrogens is 544 g/mol. The van der Waals surface area contributed by atoms with E-state index in [1.165, 1.54) is 0 Å². The number of hydrogen-bond donors (Lipinski definition) is 3. The number of nitrogens with two attached hydrogens (primary N) is 1. The molecular formula is C30H31ClN6O4. The number of nitrogens with one attached hydrogen (secondary N) is 2. The van der Waals surface area contributed by atoms with E-state index in [-0.39, 0.29) is 11.8 Å². The third-order valence-electron chi connectivity index (χ3n) is 7.18. The predicted octanol–water partition coefficient (Wildman–Crippen LogP) is 4.78. The summed E-state index contributed by atoms with van der Waals surface area (Å²) in [4.78, 5) is 36.5. The number of fused-ring (bicyclic) bond motifs is 1. The van der Waals surface area contributed by atoms with Gasteiger partial charge in [-0.05, 0) is 73.4 Å². The van der Waals surface area contributed by atoms with Gasteiger partial charge in [-0.15, -0.1) is 0 Å². The van der Waals surface area contributed by atoms with Crippen molar-refractivity contribution in [2.24, 2.45) is 5.92 Å². The van der Waals surface area contributed by atoms with Crippen molar-refractivity contribution in [1.29, 1.82) is 0 Å². The second-order valence-electron chi connectivity index (χ2n) is 9.81. The average molecular weight is 575 g/mol. The highest BCUT2D eigenvalue weighted by atomic mass is 35.5. The summed E-state index contributed by atoms with van der Waals surface area (Å²) in [6.07, 6.45) is 1.76. The van der Waals surface area contributed by atoms with Crippen LogP contribution in [0.1, 0.15) is 33.6 Å². The number of hydrogen-bond acceptors (Lipinski definition) is 8. The molecule has 1 aliphatic heterocycles. The van der Waals surface area contributed by atoms with E-state index in [0.29, 0.717) is 68.5 Å². The number of benzene rings is 3. The van der Waals surface area contributed by atoms with Crippen molar-refractivity contribution in [3.05, 3.63) is 76.8 Å². The SMILES string of the molecule is COc1cc2nc(N3CCC(CNC(=O)c4ccc(NC(=O)c5ccc(Cl)cc5)cc4)CC3)nc(N)c2cc1OC. The minimum Gasteiger partial charge on any atom is -0.493 e. The van der Waals surface area contributed by atoms with Crippen LogP contribution in [0.3, 0.4) is 0 Å². The molecule has 5 rings (SSSR count). The van der Waals surface area contributed by atoms with E-state index in [4.69, 9.17) is 31.8 Å². The van der Waals surface area contributed by atoms with Gasteiger partial charge in [0, 0.05) is 52.9 Å². The van der Waals surface area contributed by atoms with Crippen LogP contribution in [-0.4, -0.2) is 55.6 Å². The molecule has 212 valence electrons. The highest BCUT2D eigenvalue weighted by Gasteiger charge is 2.23. The Hall–Kier alpha value is -4.57. The van der Waals surface area contributed by atoms with E-state index < -0.39 is 0 Å². The zero-order valence-electron chi connectivity index (χ0n) is 22.8. The van der Waals surface area contributed by atoms with E-state index in [1.54, 1.807) is 74.9 Å². The number of nitrogen functional groups attached to an aromatic ring is 1. The van der Waals surface area contributed by atoms with Gasteiger partial charge in [0.15, 0.2) is 11.5 Å². The second-order valence-corrected chi connectivity index (χ2v) is 10.2. The van der Waals surface area contributed by atoms with Gasteiger partial charge < -0.3 is 30.7 Å². The van der Waals surface area contributed by atoms with Crippen molar-refractivity contribution in [3.63, 3.8) is 0 Å². The minimum absolute atomic E-state index is 0.155. The number of rotatable bonds is 8. The molecule has 4 N–H and O–H groups in total. The topological polar surface area (TPSA) is 132 Å². The number of nitrogens with zero attached hydrogens (tertiary/aromatic N) is 3. The van der Waals surface area contributed by atoms with Gasteiger partial charge in [-0.25, -0.2) is 4.98 Å². The molecule has 10 nitrogen and oxygen atoms in total. The first-order valence-electron chi connectivity index (χ1n) is 13.2. The van der Waals surface area contributed by atoms with E-state index in [9.17, 15) is 9.59 Å². The Kier molecular flexibility index (Phi) is 8.39. The van der Waals surface area contributed by atoms with Gasteiger partial charge in [0.25, 0.3) is 11.8 Å². The van der Waals surface area contributed by atoms with E-state index in [2.05, 4.69) is 20.5 Å². The molecule has 0 bridgehead atoms. The molecule has 1 aliphatic rings. The zero-order valence-corrected chi connectivity index (χ0v) is 23.6. The Bertz CT molecular complexity index is 1550. The van der Waals surface area contributed by atoms with Crippen molar-refractivity contribution in [2.45, 2.75) is 12.8 Å². The maximum atomic E-state index is 12.7. The van der Waals surface area contributed by atoms with Crippen LogP contribution in [0.4, 0.5) is 17.5 Å². The molecule has 4 aromatic rings. The largest absolute Gasteiger partial charge is 0.493 e. The van der Waals surface area contributed by atoms with Gasteiger partial charge in [0.05, 0.1) is 19.7 Å². The minimum atomic E-state index is -0.248. The van der Waals surface area contributed by atoms with Crippen LogP contribution in [0, 0.1) is 5.92 Å². The first-order chi connectivity index (χ1) is 19.8. The average Bonchev–Trinajstić information content (AvgIpc) is 3.00. The number of anilines is 3. The normalized spacial score (nSPS) is 13.6. The van der Waals surface area contributed by atoms with Crippen LogP contribution in [-0.2, 0) is 0 Å². The summed E-state index contributed by atoms with van der Waals surface area (Å²) in [6.45, 7) is 2.07. The first-order valence-corrected chi connectivity index (χ1v) is 13.6. The number of amides is 2. The summed E-state index contributed by atoms with van der Waals surface area (Å²) in [5.74, 6) is 2.04. The molecule has 11 heteroatoms. The lowest BCUT2D eigenvalue weighted by Crippen LogP contribution is -2.39. The lowest BCUT2D eigenvalue weighted by Gasteiger charge is -2.32. The van der Waals surface area contributed by atoms with Crippen LogP contribution >= 0.6 is 11.6 Å². The molecule has 1 aromatic heterocycles. The highest BCUT2D eigenvalue weighted by Crippen LogP contribution is 2.34. The number of ether oxygens (including phenoxy) is 2. The lowest BCUT2D eigenvalue weighted by molar-refractivity contribution is 0.0944. The van der Waals surface area contributed by atoms with Gasteiger partial charge in [0.1, 0.15) is 5.82 Å². The van der Waals surface area contributed by atoms with Gasteiger partial charge >= 0.3 is 0 Å². The van der Waals surface area contributed by atoms with E-state index in [1.807, 2.05) is 0 Å². The highest BCUT2D eigenvalue weighted by molar-refractivity contribution is 6.30. The fraction of sp³-hybridized carbons (Fsp3) is 0.267. The molecule has 0 saturated carbocycles. The number of carbonyl (C=O) groups is 2. The van der Waals surface area contributed by atoms with Crippen LogP contribution in [0.15, 0.2) is 60.7 Å². The van der Waals surface area contributed by atoms with Crippen molar-refractivity contribution in [3.8, 4) is 11.5 Å². The smallest absolute Gasteiger partial charge is 0.255 e. The summed E-state index contributed by atoms with van der Waals surface area (Å²) in [5, 5.41) is 7.13. The zero-order chi connectivity index (χ0) is 28.9. The third kappa shape index (κ3) is 6.44. The van der Waals surface area contributed by atoms with Crippen LogP contribution in [0.5, 0.6) is 11.5 Å². The molecule has 0 spiro atoms. The summed E-state index contributed by atoms with van der Waals surface area (Å²) in [5.41, 5.74) is 8.58. The Morgan fingerprint density at radius 3 is 2.20 bits per heavy atom. The molecule has 0 radical (unpaired) electrons. The Labute approximate surface area is 242 Å². The quantitative estimate of drug-likeness (QED) is 0.274. The molecule has 1 fully saturated rings. The summed E-state index contributed by atoms with van der Waals surface area (Å²) < 4.78 is 10.8. The molecule has 2 heterocycles. The summed E-state index contributed by atoms with van der Waals surface area (Å²) in [7, 11) is 3.15. The van der Waals surface area contributed by atoms with Crippen molar-refractivity contribution in [2.75, 3.05) is 49.8 Å². The molecule has 41 heavy (non-hydrogen) atoms. The van der Waals surface area contributed by atoms with Crippen molar-refractivity contribution in [1.82, 2.24) is 15.3 Å². The number of halogens is 1. The molecule has 3 aromatic carbocycles. The molecule has 1 saturated heterocycles. The molecule has 0 unspecified atom stereocenters. The number of piperidine rings is 1. The van der Waals surface area contributed by atoms with Gasteiger partial charge in [-0.1, -0.05) is 11.6 Å². The maximum absolute atomic E-state index is 12.7. The second kappa shape index (κ2) is 12.3. The lowest BCUT2D eigenvalue weighted by atomic mass is 9.97. The fourth-order valence-electron chi connectivity index (χ4n) is 4.79. The van der Waals surface area contributed by atoms with Gasteiger partial charge in [-0.3, -0.25) is 9.59 Å². The standard InChI is InChI=1S/C30H31ClN6O4/c1-40-25-15-23-24(16-26(25)41-2)35-30(36-27(23)32)37-13-11-18(12-14-37)17-33-28(38)19-5-9-22(10-6-19)34-29(39)20-3-7-21(31)8-4-20/h3-10,15-16,18H,11-14,17H2,1-2H3,(H,33,38)(H,34,39)(H2,32,35,36). The van der Waals surface area contributed by atoms with Crippen molar-refractivity contribution >= 4 is 51.8 Å². The predicted molar refractivity (Wildman–Crippen MR) is 160 cm³/mol. The molecule has 0 atom stereocenters. The Morgan fingerprint density at radius 2 is 1.54 bits per heavy atom. The van der Waals surface area contributed by atoms with E-state index in [0.717, 1.165) is 25.9 Å². The Morgan fingerprint density at radius 1 is 0.927 bits per heavy atom. The molecule has 2 amide bonds. The summed E-state index contributed by atoms with van der Waals surface area (Å²) >= 11 is 5.88. The first kappa shape index (κ1) is 28.0. The van der Waals surface area contributed by atoms with Crippen LogP contribution in [0.25, 0.3) is 10.9 Å². The van der Waals surface area contributed by atoms with Gasteiger partial charge in [0.2, 0.25) is 5.95 Å². The summed E-state index contributed by atoms with van der Waals surface area (Å²) in [6, 6.07) is 17.0. The van der Waals surface area contributed by atoms with Crippen molar-refractivity contribution < 1.29 is 19.1 Å². The number of aromatic nitrogens is 2. The van der Waals surface area contributed by atoms with Crippen LogP contribution < -0.4 is 30.7 Å². The Balaban J connectivity index is 1.13. The fourth-order valence-corrected chi connectivity index (χ4v) is 4.92. The number of carbonyl (C=O) groups excluding carboxylic acids is 2. The number of methoxy groups -OCH3 is 2. The third-order valence-corrected chi connectivity index (χ3v) is 7.43. The monoisotopic (exact) mass is 574 g/mol. The molecule has 0 aliphatic carbocycles. The maximum Gasteiger partial charge on any atom is 0.255 e. The van der Waals surface area contributed by atoms with Gasteiger partial charge in [-0.2, -0.15) is 4.98 Å². The van der Waals surface area contributed by atoms with E-state index >= 15 is 0 Å². The van der Waals surface area contributed by atoms with Crippen LogP contribution in [0.2, 0.25) is 5.02 Å².